The zero-order valence-corrected chi connectivity index (χ0v) is 19.9. The Morgan fingerprint density at radius 1 is 1.00 bits per heavy atom. The van der Waals surface area contributed by atoms with Gasteiger partial charge in [0.05, 0.1) is 6.04 Å². The van der Waals surface area contributed by atoms with Crippen molar-refractivity contribution in [3.8, 4) is 0 Å². The molecule has 0 unspecified atom stereocenters. The second kappa shape index (κ2) is 8.45. The van der Waals surface area contributed by atoms with E-state index in [4.69, 9.17) is 17.3 Å². The fourth-order valence-corrected chi connectivity index (χ4v) is 5.97. The monoisotopic (exact) mass is 475 g/mol. The number of likely N-dealkylation sites (tertiary alicyclic amines) is 2. The third-order valence-electron chi connectivity index (χ3n) is 7.84. The van der Waals surface area contributed by atoms with Crippen molar-refractivity contribution in [2.75, 3.05) is 26.2 Å². The van der Waals surface area contributed by atoms with Crippen molar-refractivity contribution in [3.05, 3.63) is 71.0 Å². The summed E-state index contributed by atoms with van der Waals surface area (Å²) < 4.78 is 0. The lowest BCUT2D eigenvalue weighted by molar-refractivity contribution is -0.148. The molecule has 4 heterocycles. The fourth-order valence-electron chi connectivity index (χ4n) is 5.80. The first kappa shape index (κ1) is 21.7. The second-order valence-electron chi connectivity index (χ2n) is 10.1. The van der Waals surface area contributed by atoms with E-state index < -0.39 is 6.04 Å². The van der Waals surface area contributed by atoms with Gasteiger partial charge in [-0.3, -0.25) is 9.69 Å². The average Bonchev–Trinajstić information content (AvgIpc) is 3.42. The molecular weight excluding hydrogens is 446 g/mol. The molecule has 6 rings (SSSR count). The van der Waals surface area contributed by atoms with Gasteiger partial charge in [-0.25, -0.2) is 0 Å². The van der Waals surface area contributed by atoms with E-state index in [1.165, 1.54) is 10.9 Å². The van der Waals surface area contributed by atoms with Crippen LogP contribution in [0.4, 0.5) is 0 Å². The first-order valence-corrected chi connectivity index (χ1v) is 12.4. The lowest BCUT2D eigenvalue weighted by Gasteiger charge is -2.54. The molecule has 1 spiro atoms. The summed E-state index contributed by atoms with van der Waals surface area (Å²) in [5.41, 5.74) is 11.2. The minimum absolute atomic E-state index is 0.0778. The summed E-state index contributed by atoms with van der Waals surface area (Å²) in [5.74, 6) is 0.0778. The number of H-pyrrole nitrogens is 2. The molecule has 4 N–H and O–H groups in total. The minimum atomic E-state index is -0.495. The molecule has 0 aliphatic carbocycles. The molecule has 2 aliphatic rings. The van der Waals surface area contributed by atoms with Crippen molar-refractivity contribution in [1.82, 2.24) is 19.8 Å². The predicted octanol–water partition coefficient (Wildman–Crippen LogP) is 4.30. The van der Waals surface area contributed by atoms with E-state index in [0.29, 0.717) is 6.42 Å². The summed E-state index contributed by atoms with van der Waals surface area (Å²) in [6.07, 6.45) is 6.89. The quantitative estimate of drug-likeness (QED) is 0.402. The van der Waals surface area contributed by atoms with E-state index in [-0.39, 0.29) is 11.3 Å². The topological polar surface area (TPSA) is 81.2 Å². The Morgan fingerprint density at radius 3 is 2.50 bits per heavy atom. The Bertz CT molecular complexity index is 1340. The van der Waals surface area contributed by atoms with Gasteiger partial charge in [0.25, 0.3) is 0 Å². The van der Waals surface area contributed by atoms with Crippen molar-refractivity contribution in [1.29, 1.82) is 0 Å². The molecule has 34 heavy (non-hydrogen) atoms. The van der Waals surface area contributed by atoms with E-state index in [0.717, 1.165) is 72.6 Å². The van der Waals surface area contributed by atoms with Gasteiger partial charge >= 0.3 is 0 Å². The number of nitrogens with two attached hydrogens (primary N) is 1. The predicted molar refractivity (Wildman–Crippen MR) is 137 cm³/mol. The minimum Gasteiger partial charge on any atom is -0.361 e. The summed E-state index contributed by atoms with van der Waals surface area (Å²) in [5, 5.41) is 3.13. The molecule has 2 fully saturated rings. The zero-order chi connectivity index (χ0) is 23.3. The van der Waals surface area contributed by atoms with Crippen LogP contribution in [0.15, 0.2) is 54.9 Å². The number of nitrogens with zero attached hydrogens (tertiary/aromatic N) is 2. The van der Waals surface area contributed by atoms with Gasteiger partial charge in [0.2, 0.25) is 5.91 Å². The van der Waals surface area contributed by atoms with Crippen LogP contribution >= 0.6 is 11.6 Å². The zero-order valence-electron chi connectivity index (χ0n) is 19.2. The lowest BCUT2D eigenvalue weighted by Crippen LogP contribution is -2.64. The Kier molecular flexibility index (Phi) is 5.40. The first-order valence-electron chi connectivity index (χ1n) is 12.1. The number of benzene rings is 2. The number of hydrogen-bond acceptors (Lipinski definition) is 3. The highest BCUT2D eigenvalue weighted by Gasteiger charge is 2.47. The highest BCUT2D eigenvalue weighted by atomic mass is 35.5. The van der Waals surface area contributed by atoms with Crippen molar-refractivity contribution in [3.63, 3.8) is 0 Å². The molecule has 6 nitrogen and oxygen atoms in total. The maximum absolute atomic E-state index is 13.0. The van der Waals surface area contributed by atoms with E-state index in [1.54, 1.807) is 0 Å². The number of aromatic amines is 2. The van der Waals surface area contributed by atoms with Crippen LogP contribution in [0.5, 0.6) is 0 Å². The summed E-state index contributed by atoms with van der Waals surface area (Å²) in [6, 6.07) is 13.7. The highest BCUT2D eigenvalue weighted by molar-refractivity contribution is 6.31. The molecule has 176 valence electrons. The number of carbonyl (C=O) groups is 1. The molecule has 0 radical (unpaired) electrons. The number of piperidine rings is 1. The first-order chi connectivity index (χ1) is 16.5. The van der Waals surface area contributed by atoms with Crippen LogP contribution < -0.4 is 5.73 Å². The molecule has 7 heteroatoms. The van der Waals surface area contributed by atoms with Crippen LogP contribution in [-0.2, 0) is 17.8 Å². The number of carbonyl (C=O) groups excluding carboxylic acids is 1. The van der Waals surface area contributed by atoms with E-state index in [9.17, 15) is 4.79 Å². The number of nitrogens with one attached hydrogen (secondary N) is 2. The van der Waals surface area contributed by atoms with Crippen molar-refractivity contribution < 1.29 is 4.79 Å². The fraction of sp³-hybridized carbons (Fsp3) is 0.370. The van der Waals surface area contributed by atoms with Gasteiger partial charge in [-0.2, -0.15) is 0 Å². The molecule has 4 aromatic rings. The smallest absolute Gasteiger partial charge is 0.239 e. The van der Waals surface area contributed by atoms with Gasteiger partial charge in [0, 0.05) is 64.3 Å². The number of hydrogen-bond donors (Lipinski definition) is 3. The summed E-state index contributed by atoms with van der Waals surface area (Å²) >= 11 is 6.21. The van der Waals surface area contributed by atoms with Crippen molar-refractivity contribution >= 4 is 39.3 Å². The second-order valence-corrected chi connectivity index (χ2v) is 10.6. The van der Waals surface area contributed by atoms with Crippen molar-refractivity contribution in [2.24, 2.45) is 11.1 Å². The van der Waals surface area contributed by atoms with Crippen LogP contribution in [0, 0.1) is 5.41 Å². The van der Waals surface area contributed by atoms with E-state index in [2.05, 4.69) is 27.1 Å². The maximum Gasteiger partial charge on any atom is 0.239 e. The number of para-hydroxylation sites is 1. The molecule has 2 aliphatic heterocycles. The Hall–Kier alpha value is -2.80. The number of fused-ring (bicyclic) bond motifs is 2. The summed E-state index contributed by atoms with van der Waals surface area (Å²) in [4.78, 5) is 24.1. The highest BCUT2D eigenvalue weighted by Crippen LogP contribution is 2.41. The number of aromatic nitrogens is 2. The van der Waals surface area contributed by atoms with Crippen LogP contribution in [0.25, 0.3) is 21.8 Å². The van der Waals surface area contributed by atoms with Crippen LogP contribution in [0.3, 0.4) is 0 Å². The molecule has 0 bridgehead atoms. The lowest BCUT2D eigenvalue weighted by atomic mass is 9.71. The molecule has 2 saturated heterocycles. The van der Waals surface area contributed by atoms with Gasteiger partial charge < -0.3 is 20.6 Å². The molecule has 0 saturated carbocycles. The summed E-state index contributed by atoms with van der Waals surface area (Å²) in [7, 11) is 0. The summed E-state index contributed by atoms with van der Waals surface area (Å²) in [6.45, 7) is 4.70. The van der Waals surface area contributed by atoms with Gasteiger partial charge in [-0.1, -0.05) is 29.8 Å². The normalized spacial score (nSPS) is 19.1. The van der Waals surface area contributed by atoms with Gasteiger partial charge in [-0.05, 0) is 67.7 Å². The SMILES string of the molecule is N[C@@H](Cc1c[nH]c2ccccc12)C(=O)N1CC2(CCN(Cc3c[nH]c4ccc(Cl)cc34)CC2)C1. The largest absolute Gasteiger partial charge is 0.361 e. The molecule has 1 amide bonds. The average molecular weight is 476 g/mol. The number of halogens is 1. The maximum atomic E-state index is 13.0. The van der Waals surface area contributed by atoms with Crippen molar-refractivity contribution in [2.45, 2.75) is 31.8 Å². The Morgan fingerprint density at radius 2 is 1.71 bits per heavy atom. The van der Waals surface area contributed by atoms with E-state index in [1.807, 2.05) is 47.5 Å². The molecule has 1 atom stereocenters. The third-order valence-corrected chi connectivity index (χ3v) is 8.07. The van der Waals surface area contributed by atoms with Gasteiger partial charge in [-0.15, -0.1) is 0 Å². The van der Waals surface area contributed by atoms with Crippen LogP contribution in [0.1, 0.15) is 24.0 Å². The number of rotatable bonds is 5. The number of amides is 1. The standard InChI is InChI=1S/C27H30ClN5O/c28-20-5-6-25-22(12-20)19(14-31-25)15-32-9-7-27(8-10-32)16-33(17-27)26(34)23(29)11-18-13-30-24-4-2-1-3-21(18)24/h1-6,12-14,23,30-31H,7-11,15-17,29H2/t23-/m0/s1. The van der Waals surface area contributed by atoms with E-state index >= 15 is 0 Å². The Balaban J connectivity index is 1.02. The van der Waals surface area contributed by atoms with Gasteiger partial charge in [0.1, 0.15) is 0 Å². The Labute approximate surface area is 204 Å². The van der Waals surface area contributed by atoms with Gasteiger partial charge in [0.15, 0.2) is 0 Å². The third kappa shape index (κ3) is 3.90. The van der Waals surface area contributed by atoms with Crippen LogP contribution in [0.2, 0.25) is 5.02 Å². The van der Waals surface area contributed by atoms with Crippen LogP contribution in [-0.4, -0.2) is 57.9 Å². The molecular formula is C27H30ClN5O. The molecule has 2 aromatic heterocycles. The molecule has 2 aromatic carbocycles.